The van der Waals surface area contributed by atoms with Gasteiger partial charge in [0.15, 0.2) is 11.5 Å². The standard InChI is InChI=1S/C32H39N7O4.C28H24FN3O5/c1-9-29(40)34-24-16-25(28(42-8)17-27(24)38(6)15-14-37(4)5)35-32-33-18-22(31(41)43-20(2)3)30(36-32)23-19-39(7)26-13-11-10-12-21(23)26;1-35-24-15-21-22(16-25(24)36-2)30-14-11-23(21)37-20-9-7-19(8-10-20)32-27(34)28(12-13-28)26(33)31-18-5-3-17(29)4-6-18/h9-13,16-20H,1,14-15H2,2-8H3,(H,34,40)(H,33,35,36);3-11,14-16H,12-13H2,1-2H3,(H,31,33)(H,32,34). The van der Waals surface area contributed by atoms with Gasteiger partial charge in [-0.15, -0.1) is 0 Å². The molecule has 8 aromatic rings. The Morgan fingerprint density at radius 3 is 2.04 bits per heavy atom. The van der Waals surface area contributed by atoms with Gasteiger partial charge in [-0.25, -0.2) is 19.2 Å². The van der Waals surface area contributed by atoms with E-state index in [0.29, 0.717) is 82.1 Å². The van der Waals surface area contributed by atoms with Gasteiger partial charge in [-0.1, -0.05) is 24.8 Å². The molecule has 0 atom stereocenters. The van der Waals surface area contributed by atoms with Crippen LogP contribution in [0.25, 0.3) is 33.1 Å². The molecule has 1 fully saturated rings. The number of ether oxygens (including phenoxy) is 5. The fourth-order valence-electron chi connectivity index (χ4n) is 8.62. The molecule has 0 unspecified atom stereocenters. The second-order valence-corrected chi connectivity index (χ2v) is 19.4. The average Bonchev–Trinajstić information content (AvgIpc) is 4.21. The summed E-state index contributed by atoms with van der Waals surface area (Å²) in [5.41, 5.74) is 4.80. The Morgan fingerprint density at radius 2 is 1.41 bits per heavy atom. The predicted octanol–water partition coefficient (Wildman–Crippen LogP) is 10.6. The third kappa shape index (κ3) is 13.1. The van der Waals surface area contributed by atoms with Gasteiger partial charge in [0.25, 0.3) is 0 Å². The predicted molar refractivity (Wildman–Crippen MR) is 308 cm³/mol. The number of anilines is 6. The maximum absolute atomic E-state index is 13.1. The number of pyridine rings is 1. The number of carbonyl (C=O) groups excluding carboxylic acids is 4. The molecule has 0 aliphatic heterocycles. The number of amides is 3. The Kier molecular flexibility index (Phi) is 17.6. The van der Waals surface area contributed by atoms with E-state index in [9.17, 15) is 23.6 Å². The molecule has 20 heteroatoms. The monoisotopic (exact) mass is 1090 g/mol. The van der Waals surface area contributed by atoms with Crippen LogP contribution in [0.1, 0.15) is 37.0 Å². The highest BCUT2D eigenvalue weighted by Crippen LogP contribution is 2.48. The van der Waals surface area contributed by atoms with Gasteiger partial charge in [0.1, 0.15) is 34.0 Å². The second-order valence-electron chi connectivity index (χ2n) is 19.4. The lowest BCUT2D eigenvalue weighted by Gasteiger charge is -2.26. The van der Waals surface area contributed by atoms with E-state index in [-0.39, 0.29) is 29.4 Å². The summed E-state index contributed by atoms with van der Waals surface area (Å²) in [5.74, 6) is 0.952. The van der Waals surface area contributed by atoms with Crippen molar-refractivity contribution in [2.75, 3.05) is 81.7 Å². The quantitative estimate of drug-likeness (QED) is 0.0318. The Bertz CT molecular complexity index is 3580. The van der Waals surface area contributed by atoms with Gasteiger partial charge in [-0.3, -0.25) is 19.4 Å². The number of halogens is 1. The zero-order valence-electron chi connectivity index (χ0n) is 46.0. The third-order valence-electron chi connectivity index (χ3n) is 13.1. The molecule has 0 radical (unpaired) electrons. The van der Waals surface area contributed by atoms with Crippen LogP contribution in [0.3, 0.4) is 0 Å². The number of rotatable bonds is 20. The summed E-state index contributed by atoms with van der Waals surface area (Å²) in [6, 6.07) is 29.1. The molecule has 1 saturated carbocycles. The number of aromatic nitrogens is 4. The minimum absolute atomic E-state index is 0.233. The van der Waals surface area contributed by atoms with E-state index in [4.69, 9.17) is 28.7 Å². The number of fused-ring (bicyclic) bond motifs is 2. The molecule has 80 heavy (non-hydrogen) atoms. The van der Waals surface area contributed by atoms with Crippen LogP contribution in [-0.2, 0) is 26.2 Å². The molecule has 3 amide bonds. The number of methoxy groups -OCH3 is 3. The Balaban J connectivity index is 0.000000212. The van der Waals surface area contributed by atoms with Crippen LogP contribution < -0.4 is 45.1 Å². The molecule has 3 aromatic heterocycles. The molecular formula is C60H63FN10O9. The number of nitrogens with one attached hydrogen (secondary N) is 4. The molecule has 0 bridgehead atoms. The van der Waals surface area contributed by atoms with E-state index in [0.717, 1.165) is 34.1 Å². The maximum atomic E-state index is 13.1. The highest BCUT2D eigenvalue weighted by Gasteiger charge is 2.56. The first-order valence-electron chi connectivity index (χ1n) is 25.5. The summed E-state index contributed by atoms with van der Waals surface area (Å²) < 4.78 is 43.2. The molecule has 1 aliphatic rings. The number of hydrogen-bond acceptors (Lipinski definition) is 15. The topological polar surface area (TPSA) is 213 Å². The number of carbonyl (C=O) groups is 4. The van der Waals surface area contributed by atoms with E-state index >= 15 is 0 Å². The lowest BCUT2D eigenvalue weighted by molar-refractivity contribution is -0.131. The number of esters is 1. The van der Waals surface area contributed by atoms with Crippen LogP contribution in [0, 0.1) is 11.2 Å². The number of aryl methyl sites for hydroxylation is 1. The summed E-state index contributed by atoms with van der Waals surface area (Å²) in [5, 5.41) is 13.3. The van der Waals surface area contributed by atoms with E-state index in [1.54, 1.807) is 89.9 Å². The molecule has 9 rings (SSSR count). The van der Waals surface area contributed by atoms with Gasteiger partial charge in [-0.2, -0.15) is 0 Å². The molecule has 3 heterocycles. The van der Waals surface area contributed by atoms with Crippen molar-refractivity contribution in [3.8, 4) is 40.0 Å². The first-order valence-corrected chi connectivity index (χ1v) is 25.5. The molecule has 19 nitrogen and oxygen atoms in total. The fourth-order valence-corrected chi connectivity index (χ4v) is 8.62. The Morgan fingerprint density at radius 1 is 0.762 bits per heavy atom. The average molecular weight is 1090 g/mol. The van der Waals surface area contributed by atoms with Crippen LogP contribution in [0.15, 0.2) is 134 Å². The van der Waals surface area contributed by atoms with E-state index in [2.05, 4.69) is 42.7 Å². The van der Waals surface area contributed by atoms with Gasteiger partial charge in [-0.05, 0) is 120 Å². The van der Waals surface area contributed by atoms with Gasteiger partial charge in [0.05, 0.1) is 55.7 Å². The highest BCUT2D eigenvalue weighted by atomic mass is 19.1. The van der Waals surface area contributed by atoms with Crippen molar-refractivity contribution in [1.82, 2.24) is 24.4 Å². The van der Waals surface area contributed by atoms with E-state index < -0.39 is 23.1 Å². The largest absolute Gasteiger partial charge is 0.494 e. The zero-order valence-corrected chi connectivity index (χ0v) is 46.0. The minimum atomic E-state index is -1.14. The summed E-state index contributed by atoms with van der Waals surface area (Å²) in [4.78, 5) is 68.9. The third-order valence-corrected chi connectivity index (χ3v) is 13.1. The minimum Gasteiger partial charge on any atom is -0.494 e. The van der Waals surface area contributed by atoms with Gasteiger partial charge in [0, 0.05) is 91.1 Å². The first-order chi connectivity index (χ1) is 38.4. The number of benzene rings is 5. The Hall–Kier alpha value is -9.56. The van der Waals surface area contributed by atoms with E-state index in [1.165, 1.54) is 36.5 Å². The number of hydrogen-bond donors (Lipinski definition) is 4. The maximum Gasteiger partial charge on any atom is 0.342 e. The van der Waals surface area contributed by atoms with Gasteiger partial charge < -0.3 is 59.3 Å². The van der Waals surface area contributed by atoms with Crippen molar-refractivity contribution in [2.24, 2.45) is 12.5 Å². The SMILES string of the molecule is C=CC(=O)Nc1cc(Nc2ncc(C(=O)OC(C)C)c(-c3cn(C)c4ccccc34)n2)c(OC)cc1N(C)CCN(C)C.COc1cc2nccc(Oc3ccc(NC(=O)C4(C(=O)Nc5ccc(F)cc5)CC4)cc3)c2cc1OC. The van der Waals surface area contributed by atoms with Crippen molar-refractivity contribution in [1.29, 1.82) is 0 Å². The smallest absolute Gasteiger partial charge is 0.342 e. The number of para-hydroxylation sites is 1. The normalized spacial score (nSPS) is 12.2. The van der Waals surface area contributed by atoms with Crippen LogP contribution in [0.4, 0.5) is 38.8 Å². The van der Waals surface area contributed by atoms with Gasteiger partial charge in [0.2, 0.25) is 23.7 Å². The number of likely N-dealkylation sites (N-methyl/N-ethyl adjacent to an activating group) is 2. The summed E-state index contributed by atoms with van der Waals surface area (Å²) in [7, 11) is 12.6. The fraction of sp³-hybridized carbons (Fsp3) is 0.250. The summed E-state index contributed by atoms with van der Waals surface area (Å²) in [6.07, 6.45) is 6.83. The van der Waals surface area contributed by atoms with Crippen LogP contribution in [0.5, 0.6) is 28.7 Å². The first kappa shape index (κ1) is 56.6. The van der Waals surface area contributed by atoms with Crippen molar-refractivity contribution in [3.05, 3.63) is 146 Å². The second kappa shape index (κ2) is 24.8. The lowest BCUT2D eigenvalue weighted by Crippen LogP contribution is -2.35. The molecule has 4 N–H and O–H groups in total. The van der Waals surface area contributed by atoms with Crippen LogP contribution in [0.2, 0.25) is 0 Å². The molecule has 1 aliphatic carbocycles. The zero-order chi connectivity index (χ0) is 57.3. The number of nitrogens with zero attached hydrogens (tertiary/aromatic N) is 6. The van der Waals surface area contributed by atoms with Gasteiger partial charge >= 0.3 is 5.97 Å². The van der Waals surface area contributed by atoms with Crippen LogP contribution >= 0.6 is 0 Å². The molecular weight excluding hydrogens is 1020 g/mol. The molecule has 0 spiro atoms. The van der Waals surface area contributed by atoms with Crippen molar-refractivity contribution >= 4 is 79.9 Å². The molecule has 414 valence electrons. The Labute approximate surface area is 462 Å². The van der Waals surface area contributed by atoms with Crippen molar-refractivity contribution in [3.63, 3.8) is 0 Å². The van der Waals surface area contributed by atoms with Crippen molar-refractivity contribution in [2.45, 2.75) is 32.8 Å². The highest BCUT2D eigenvalue weighted by molar-refractivity contribution is 6.17. The van der Waals surface area contributed by atoms with E-state index in [1.807, 2.05) is 74.2 Å². The van der Waals surface area contributed by atoms with Crippen molar-refractivity contribution < 1.29 is 47.3 Å². The van der Waals surface area contributed by atoms with Crippen LogP contribution in [-0.4, -0.2) is 110 Å². The summed E-state index contributed by atoms with van der Waals surface area (Å²) in [6.45, 7) is 8.70. The molecule has 5 aromatic carbocycles. The molecule has 0 saturated heterocycles. The lowest BCUT2D eigenvalue weighted by atomic mass is 10.0. The summed E-state index contributed by atoms with van der Waals surface area (Å²) >= 11 is 0.